The summed E-state index contributed by atoms with van der Waals surface area (Å²) in [4.78, 5) is 9.56. The van der Waals surface area contributed by atoms with Gasteiger partial charge in [0.15, 0.2) is 0 Å². The Labute approximate surface area is 98.8 Å². The Balaban J connectivity index is 0. The Bertz CT molecular complexity index is 148. The van der Waals surface area contributed by atoms with Gasteiger partial charge in [0, 0.05) is 25.1 Å². The number of ether oxygens (including phenoxy) is 1. The van der Waals surface area contributed by atoms with E-state index in [1.165, 1.54) is 0 Å². The van der Waals surface area contributed by atoms with E-state index in [0.29, 0.717) is 6.54 Å². The van der Waals surface area contributed by atoms with Gasteiger partial charge in [0.05, 0.1) is 6.61 Å². The number of likely N-dealkylation sites (N-methyl/N-ethyl adjacent to an activating group) is 1. The second kappa shape index (κ2) is 9.12. The normalized spacial score (nSPS) is 12.1. The molecule has 0 aromatic carbocycles. The van der Waals surface area contributed by atoms with Crippen LogP contribution in [0.1, 0.15) is 0 Å². The van der Waals surface area contributed by atoms with E-state index in [0.717, 1.165) is 0 Å². The number of aliphatic hydroxyl groups is 1. The van der Waals surface area contributed by atoms with Crippen LogP contribution in [0.3, 0.4) is 0 Å². The van der Waals surface area contributed by atoms with Gasteiger partial charge in [0.2, 0.25) is 4.84 Å². The minimum absolute atomic E-state index is 0. The molecule has 7 heteroatoms. The molecule has 0 aliphatic rings. The van der Waals surface area contributed by atoms with Gasteiger partial charge in [-0.1, -0.05) is 23.2 Å². The van der Waals surface area contributed by atoms with Crippen molar-refractivity contribution in [3.8, 4) is 0 Å². The largest absolute Gasteiger partial charge is 0.457 e. The molecule has 0 saturated heterocycles. The monoisotopic (exact) mass is 266 g/mol. The van der Waals surface area contributed by atoms with Gasteiger partial charge >= 0.3 is 5.97 Å². The van der Waals surface area contributed by atoms with Gasteiger partial charge in [0.1, 0.15) is 6.10 Å². The summed E-state index contributed by atoms with van der Waals surface area (Å²) in [6.07, 6.45) is -0.595. The summed E-state index contributed by atoms with van der Waals surface area (Å²) in [5.74, 6) is -0.743. The fraction of sp³-hybridized carbons (Fsp3) is 0.833. The standard InChI is InChI=1S/C6H11Cl2NO3.V/c1-9-2-4(3-10)12-6(11)5(7)8;/h4-5,9-10H,2-3H2,1H3;. The van der Waals surface area contributed by atoms with E-state index < -0.39 is 16.9 Å². The fourth-order valence-electron chi connectivity index (χ4n) is 0.587. The third-order valence-electron chi connectivity index (χ3n) is 1.10. The Morgan fingerprint density at radius 1 is 1.62 bits per heavy atom. The predicted molar refractivity (Wildman–Crippen MR) is 46.4 cm³/mol. The number of nitrogens with one attached hydrogen (secondary N) is 1. The van der Waals surface area contributed by atoms with Crippen molar-refractivity contribution in [1.29, 1.82) is 0 Å². The topological polar surface area (TPSA) is 58.6 Å². The van der Waals surface area contributed by atoms with Crippen molar-refractivity contribution in [1.82, 2.24) is 5.32 Å². The van der Waals surface area contributed by atoms with Crippen LogP contribution in [0, 0.1) is 0 Å². The Morgan fingerprint density at radius 3 is 2.46 bits per heavy atom. The molecule has 13 heavy (non-hydrogen) atoms. The average molecular weight is 267 g/mol. The van der Waals surface area contributed by atoms with Crippen LogP contribution in [0.2, 0.25) is 0 Å². The Hall–Kier alpha value is 0.554. The molecule has 1 radical (unpaired) electrons. The van der Waals surface area contributed by atoms with E-state index >= 15 is 0 Å². The van der Waals surface area contributed by atoms with Crippen LogP contribution in [-0.4, -0.2) is 42.2 Å². The van der Waals surface area contributed by atoms with E-state index in [9.17, 15) is 4.79 Å². The zero-order chi connectivity index (χ0) is 9.56. The molecular formula is C6H11Cl2NO3V. The molecule has 1 unspecified atom stereocenters. The number of esters is 1. The smallest absolute Gasteiger partial charge is 0.339 e. The molecule has 0 saturated carbocycles. The van der Waals surface area contributed by atoms with Crippen LogP contribution in [0.25, 0.3) is 0 Å². The number of alkyl halides is 2. The quantitative estimate of drug-likeness (QED) is 0.540. The number of carbonyl (C=O) groups is 1. The van der Waals surface area contributed by atoms with Crippen molar-refractivity contribution in [3.05, 3.63) is 0 Å². The van der Waals surface area contributed by atoms with Crippen LogP contribution in [-0.2, 0) is 28.1 Å². The molecule has 0 aromatic heterocycles. The second-order valence-electron chi connectivity index (χ2n) is 2.10. The Morgan fingerprint density at radius 2 is 2.15 bits per heavy atom. The molecule has 0 amide bonds. The number of hydrogen-bond donors (Lipinski definition) is 2. The molecule has 77 valence electrons. The molecule has 1 atom stereocenters. The van der Waals surface area contributed by atoms with Gasteiger partial charge in [-0.05, 0) is 7.05 Å². The summed E-state index contributed by atoms with van der Waals surface area (Å²) < 4.78 is 4.69. The van der Waals surface area contributed by atoms with Crippen molar-refractivity contribution in [2.24, 2.45) is 0 Å². The minimum Gasteiger partial charge on any atom is -0.457 e. The number of hydrogen-bond acceptors (Lipinski definition) is 4. The van der Waals surface area contributed by atoms with Gasteiger partial charge in [-0.2, -0.15) is 0 Å². The summed E-state index contributed by atoms with van der Waals surface area (Å²) >= 11 is 10.4. The van der Waals surface area contributed by atoms with E-state index in [-0.39, 0.29) is 25.2 Å². The zero-order valence-corrected chi connectivity index (χ0v) is 9.94. The first-order valence-corrected chi connectivity index (χ1v) is 4.23. The molecule has 0 spiro atoms. The summed E-state index contributed by atoms with van der Waals surface area (Å²) in [6, 6.07) is 0. The number of carbonyl (C=O) groups excluding carboxylic acids is 1. The number of aliphatic hydroxyl groups excluding tert-OH is 1. The maximum absolute atomic E-state index is 10.8. The Kier molecular flexibility index (Phi) is 11.2. The van der Waals surface area contributed by atoms with Crippen molar-refractivity contribution in [3.63, 3.8) is 0 Å². The van der Waals surface area contributed by atoms with Crippen LogP contribution < -0.4 is 5.32 Å². The SMILES string of the molecule is CNCC(CO)OC(=O)C(Cl)Cl.[V]. The van der Waals surface area contributed by atoms with Gasteiger partial charge in [-0.25, -0.2) is 4.79 Å². The summed E-state index contributed by atoms with van der Waals surface area (Å²) in [6.45, 7) is 0.107. The van der Waals surface area contributed by atoms with Crippen LogP contribution >= 0.6 is 23.2 Å². The molecule has 0 aromatic rings. The summed E-state index contributed by atoms with van der Waals surface area (Å²) in [5.41, 5.74) is 0. The molecule has 2 N–H and O–H groups in total. The molecule has 0 bridgehead atoms. The van der Waals surface area contributed by atoms with Crippen molar-refractivity contribution < 1.29 is 33.2 Å². The van der Waals surface area contributed by atoms with Crippen molar-refractivity contribution >= 4 is 29.2 Å². The summed E-state index contributed by atoms with van der Waals surface area (Å²) in [5, 5.41) is 11.4. The predicted octanol–water partition coefficient (Wildman–Crippen LogP) is -0.0889. The van der Waals surface area contributed by atoms with Crippen LogP contribution in [0.5, 0.6) is 0 Å². The average Bonchev–Trinajstić information content (AvgIpc) is 2.03. The molecular weight excluding hydrogens is 256 g/mol. The number of halogens is 2. The van der Waals surface area contributed by atoms with Crippen molar-refractivity contribution in [2.75, 3.05) is 20.2 Å². The van der Waals surface area contributed by atoms with Gasteiger partial charge < -0.3 is 15.2 Å². The molecule has 0 aliphatic heterocycles. The summed E-state index contributed by atoms with van der Waals surface area (Å²) in [7, 11) is 1.68. The van der Waals surface area contributed by atoms with E-state index in [2.05, 4.69) is 10.1 Å². The zero-order valence-electron chi connectivity index (χ0n) is 7.04. The third-order valence-corrected chi connectivity index (χ3v) is 1.45. The maximum Gasteiger partial charge on any atom is 0.339 e. The van der Waals surface area contributed by atoms with Crippen molar-refractivity contribution in [2.45, 2.75) is 10.9 Å². The van der Waals surface area contributed by atoms with Crippen LogP contribution in [0.4, 0.5) is 0 Å². The third kappa shape index (κ3) is 7.61. The van der Waals surface area contributed by atoms with Gasteiger partial charge in [0.25, 0.3) is 0 Å². The first-order chi connectivity index (χ1) is 5.61. The van der Waals surface area contributed by atoms with E-state index in [1.54, 1.807) is 7.05 Å². The minimum atomic E-state index is -1.20. The molecule has 0 fully saturated rings. The molecule has 0 rings (SSSR count). The first kappa shape index (κ1) is 16.0. The van der Waals surface area contributed by atoms with Gasteiger partial charge in [-0.15, -0.1) is 0 Å². The molecule has 4 nitrogen and oxygen atoms in total. The fourth-order valence-corrected chi connectivity index (χ4v) is 0.690. The van der Waals surface area contributed by atoms with Crippen LogP contribution in [0.15, 0.2) is 0 Å². The van der Waals surface area contributed by atoms with E-state index in [1.807, 2.05) is 0 Å². The second-order valence-corrected chi connectivity index (χ2v) is 3.20. The molecule has 0 heterocycles. The van der Waals surface area contributed by atoms with E-state index in [4.69, 9.17) is 28.3 Å². The first-order valence-electron chi connectivity index (χ1n) is 3.36. The maximum atomic E-state index is 10.8. The molecule has 0 aliphatic carbocycles. The number of rotatable bonds is 5. The van der Waals surface area contributed by atoms with Gasteiger partial charge in [-0.3, -0.25) is 0 Å².